The highest BCUT2D eigenvalue weighted by Crippen LogP contribution is 2.44. The maximum absolute atomic E-state index is 12.8. The van der Waals surface area contributed by atoms with E-state index < -0.39 is 0 Å². The highest BCUT2D eigenvalue weighted by molar-refractivity contribution is 5.92. The van der Waals surface area contributed by atoms with Crippen LogP contribution in [0.2, 0.25) is 0 Å². The Hall–Kier alpha value is -2.47. The molecule has 6 heteroatoms. The van der Waals surface area contributed by atoms with E-state index in [1.807, 2.05) is 4.90 Å². The van der Waals surface area contributed by atoms with Gasteiger partial charge < -0.3 is 4.90 Å². The van der Waals surface area contributed by atoms with Crippen molar-refractivity contribution in [1.29, 1.82) is 0 Å². The van der Waals surface area contributed by atoms with E-state index in [9.17, 15) is 9.59 Å². The zero-order valence-corrected chi connectivity index (χ0v) is 16.0. The molecule has 1 atom stereocenters. The minimum absolute atomic E-state index is 0.0827. The molecule has 1 aromatic carbocycles. The number of amides is 1. The van der Waals surface area contributed by atoms with Crippen molar-refractivity contribution in [3.05, 3.63) is 64.1 Å². The first kappa shape index (κ1) is 17.9. The van der Waals surface area contributed by atoms with Gasteiger partial charge in [0, 0.05) is 38.3 Å². The van der Waals surface area contributed by atoms with E-state index in [0.29, 0.717) is 11.6 Å². The van der Waals surface area contributed by atoms with Crippen LogP contribution in [-0.4, -0.2) is 57.7 Å². The van der Waals surface area contributed by atoms with Crippen molar-refractivity contribution in [2.45, 2.75) is 30.7 Å². The molecule has 0 N–H and O–H groups in total. The van der Waals surface area contributed by atoms with Gasteiger partial charge in [-0.25, -0.2) is 4.68 Å². The van der Waals surface area contributed by atoms with E-state index in [0.717, 1.165) is 38.9 Å². The highest BCUT2D eigenvalue weighted by Gasteiger charge is 2.46. The average molecular weight is 366 g/mol. The Labute approximate surface area is 159 Å². The number of rotatable bonds is 2. The number of aryl methyl sites for hydroxylation is 1. The Morgan fingerprint density at radius 2 is 1.78 bits per heavy atom. The van der Waals surface area contributed by atoms with Crippen LogP contribution in [0.3, 0.4) is 0 Å². The summed E-state index contributed by atoms with van der Waals surface area (Å²) in [7, 11) is 3.79. The van der Waals surface area contributed by atoms with Gasteiger partial charge in [-0.05, 0) is 43.9 Å². The number of carbonyl (C=O) groups excluding carboxylic acids is 1. The van der Waals surface area contributed by atoms with E-state index >= 15 is 0 Å². The van der Waals surface area contributed by atoms with E-state index in [1.54, 1.807) is 7.05 Å². The third-order valence-corrected chi connectivity index (χ3v) is 6.36. The lowest BCUT2D eigenvalue weighted by Crippen LogP contribution is -2.52. The summed E-state index contributed by atoms with van der Waals surface area (Å²) >= 11 is 0. The van der Waals surface area contributed by atoms with Crippen molar-refractivity contribution in [2.24, 2.45) is 7.05 Å². The quantitative estimate of drug-likeness (QED) is 0.814. The van der Waals surface area contributed by atoms with Crippen LogP contribution < -0.4 is 5.56 Å². The Morgan fingerprint density at radius 1 is 1.07 bits per heavy atom. The van der Waals surface area contributed by atoms with E-state index in [2.05, 4.69) is 47.4 Å². The molecule has 2 aliphatic heterocycles. The molecule has 1 amide bonds. The minimum atomic E-state index is -0.205. The van der Waals surface area contributed by atoms with Gasteiger partial charge in [0.05, 0.1) is 0 Å². The van der Waals surface area contributed by atoms with Crippen LogP contribution in [0.5, 0.6) is 0 Å². The standard InChI is InChI=1S/C21H26N4O2/c1-23-15-17(16-6-4-3-5-7-16)14-21(23)10-12-25(13-11-21)20(27)18-8-9-19(26)24(2)22-18/h3-9,17H,10-15H2,1-2H3/t17-/m1/s1. The van der Waals surface area contributed by atoms with E-state index in [4.69, 9.17) is 0 Å². The molecule has 1 aromatic heterocycles. The van der Waals surface area contributed by atoms with Gasteiger partial charge in [0.2, 0.25) is 0 Å². The third kappa shape index (κ3) is 3.30. The summed E-state index contributed by atoms with van der Waals surface area (Å²) in [5.41, 5.74) is 1.72. The lowest BCUT2D eigenvalue weighted by Gasteiger charge is -2.43. The summed E-state index contributed by atoms with van der Waals surface area (Å²) < 4.78 is 1.22. The number of hydrogen-bond acceptors (Lipinski definition) is 4. The highest BCUT2D eigenvalue weighted by atomic mass is 16.2. The lowest BCUT2D eigenvalue weighted by atomic mass is 9.81. The second-order valence-electron chi connectivity index (χ2n) is 7.89. The van der Waals surface area contributed by atoms with Crippen LogP contribution in [0.1, 0.15) is 41.2 Å². The van der Waals surface area contributed by atoms with Crippen molar-refractivity contribution in [2.75, 3.05) is 26.7 Å². The molecule has 0 unspecified atom stereocenters. The number of benzene rings is 1. The van der Waals surface area contributed by atoms with Crippen molar-refractivity contribution in [3.8, 4) is 0 Å². The van der Waals surface area contributed by atoms with Crippen LogP contribution in [0.15, 0.2) is 47.3 Å². The predicted molar refractivity (Wildman–Crippen MR) is 104 cm³/mol. The number of likely N-dealkylation sites (tertiary alicyclic amines) is 2. The molecule has 6 nitrogen and oxygen atoms in total. The second-order valence-corrected chi connectivity index (χ2v) is 7.89. The number of carbonyl (C=O) groups is 1. The fraction of sp³-hybridized carbons (Fsp3) is 0.476. The van der Waals surface area contributed by atoms with Crippen LogP contribution in [-0.2, 0) is 7.05 Å². The largest absolute Gasteiger partial charge is 0.337 e. The van der Waals surface area contributed by atoms with Gasteiger partial charge >= 0.3 is 0 Å². The summed E-state index contributed by atoms with van der Waals surface area (Å²) in [6.07, 6.45) is 3.10. The number of likely N-dealkylation sites (N-methyl/N-ethyl adjacent to an activating group) is 1. The van der Waals surface area contributed by atoms with Crippen LogP contribution in [0, 0.1) is 0 Å². The Bertz CT molecular complexity index is 885. The fourth-order valence-electron chi connectivity index (χ4n) is 4.64. The van der Waals surface area contributed by atoms with Gasteiger partial charge in [0.1, 0.15) is 5.69 Å². The number of piperidine rings is 1. The van der Waals surface area contributed by atoms with Crippen molar-refractivity contribution >= 4 is 5.91 Å². The zero-order chi connectivity index (χ0) is 19.0. The summed E-state index contributed by atoms with van der Waals surface area (Å²) in [6.45, 7) is 2.53. The predicted octanol–water partition coefficient (Wildman–Crippen LogP) is 1.87. The zero-order valence-electron chi connectivity index (χ0n) is 16.0. The summed E-state index contributed by atoms with van der Waals surface area (Å²) in [5, 5.41) is 4.11. The molecule has 2 fully saturated rings. The summed E-state index contributed by atoms with van der Waals surface area (Å²) in [5.74, 6) is 0.476. The number of aromatic nitrogens is 2. The molecule has 142 valence electrons. The average Bonchev–Trinajstić information content (AvgIpc) is 3.01. The number of hydrogen-bond donors (Lipinski definition) is 0. The summed E-state index contributed by atoms with van der Waals surface area (Å²) in [4.78, 5) is 28.6. The van der Waals surface area contributed by atoms with Crippen molar-refractivity contribution in [3.63, 3.8) is 0 Å². The molecule has 27 heavy (non-hydrogen) atoms. The molecule has 2 saturated heterocycles. The topological polar surface area (TPSA) is 58.4 Å². The first-order valence-electron chi connectivity index (χ1n) is 9.58. The Morgan fingerprint density at radius 3 is 2.44 bits per heavy atom. The van der Waals surface area contributed by atoms with Crippen LogP contribution in [0.25, 0.3) is 0 Å². The molecule has 0 aliphatic carbocycles. The third-order valence-electron chi connectivity index (χ3n) is 6.36. The summed E-state index contributed by atoms with van der Waals surface area (Å²) in [6, 6.07) is 13.7. The van der Waals surface area contributed by atoms with E-state index in [-0.39, 0.29) is 17.0 Å². The van der Waals surface area contributed by atoms with Crippen LogP contribution in [0.4, 0.5) is 0 Å². The monoisotopic (exact) mass is 366 g/mol. The fourth-order valence-corrected chi connectivity index (χ4v) is 4.64. The molecule has 0 saturated carbocycles. The van der Waals surface area contributed by atoms with Gasteiger partial charge in [-0.2, -0.15) is 5.10 Å². The molecule has 4 rings (SSSR count). The SMILES string of the molecule is CN1C[C@H](c2ccccc2)CC12CCN(C(=O)c1ccc(=O)n(C)n1)CC2. The molecule has 1 spiro atoms. The lowest BCUT2D eigenvalue weighted by molar-refractivity contribution is 0.0485. The Kier molecular flexibility index (Phi) is 4.60. The maximum Gasteiger partial charge on any atom is 0.274 e. The molecular formula is C21H26N4O2. The van der Waals surface area contributed by atoms with Gasteiger partial charge in [-0.3, -0.25) is 14.5 Å². The van der Waals surface area contributed by atoms with E-state index in [1.165, 1.54) is 22.4 Å². The van der Waals surface area contributed by atoms with Gasteiger partial charge in [0.15, 0.2) is 0 Å². The maximum atomic E-state index is 12.8. The molecule has 0 bridgehead atoms. The van der Waals surface area contributed by atoms with Gasteiger partial charge in [-0.1, -0.05) is 30.3 Å². The second kappa shape index (κ2) is 6.93. The molecular weight excluding hydrogens is 340 g/mol. The van der Waals surface area contributed by atoms with Gasteiger partial charge in [-0.15, -0.1) is 0 Å². The van der Waals surface area contributed by atoms with Crippen LogP contribution >= 0.6 is 0 Å². The Balaban J connectivity index is 1.44. The first-order valence-corrected chi connectivity index (χ1v) is 9.58. The molecule has 3 heterocycles. The smallest absolute Gasteiger partial charge is 0.274 e. The van der Waals surface area contributed by atoms with Crippen molar-refractivity contribution < 1.29 is 4.79 Å². The molecule has 2 aromatic rings. The van der Waals surface area contributed by atoms with Crippen molar-refractivity contribution in [1.82, 2.24) is 19.6 Å². The minimum Gasteiger partial charge on any atom is -0.337 e. The first-order chi connectivity index (χ1) is 13.0. The normalized spacial score (nSPS) is 22.3. The number of nitrogens with zero attached hydrogens (tertiary/aromatic N) is 4. The molecule has 0 radical (unpaired) electrons. The molecule has 2 aliphatic rings. The van der Waals surface area contributed by atoms with Gasteiger partial charge in [0.25, 0.3) is 11.5 Å².